The Morgan fingerprint density at radius 1 is 0.684 bits per heavy atom. The Labute approximate surface area is 120 Å². The van der Waals surface area contributed by atoms with Crippen molar-refractivity contribution >= 4 is 0 Å². The molecule has 0 aromatic rings. The largest absolute Gasteiger partial charge is 0.0625 e. The summed E-state index contributed by atoms with van der Waals surface area (Å²) in [6.07, 6.45) is 10.9. The highest BCUT2D eigenvalue weighted by Crippen LogP contribution is 2.56. The fourth-order valence-electron chi connectivity index (χ4n) is 5.32. The number of hydrogen-bond acceptors (Lipinski definition) is 0. The molecule has 0 nitrogen and oxygen atoms in total. The van der Waals surface area contributed by atoms with Gasteiger partial charge < -0.3 is 0 Å². The number of fused-ring (bicyclic) bond motifs is 2. The molecular formula is C19H34. The Balaban J connectivity index is 0.000000117. The highest BCUT2D eigenvalue weighted by molar-refractivity contribution is 4.96. The zero-order valence-corrected chi connectivity index (χ0v) is 13.6. The summed E-state index contributed by atoms with van der Waals surface area (Å²) in [4.78, 5) is 0. The van der Waals surface area contributed by atoms with Crippen molar-refractivity contribution in [3.63, 3.8) is 0 Å². The molecule has 0 heteroatoms. The first-order valence-corrected chi connectivity index (χ1v) is 9.06. The van der Waals surface area contributed by atoms with Crippen LogP contribution >= 0.6 is 0 Å². The van der Waals surface area contributed by atoms with E-state index in [1.807, 2.05) is 0 Å². The first kappa shape index (κ1) is 14.0. The van der Waals surface area contributed by atoms with Crippen molar-refractivity contribution in [3.05, 3.63) is 0 Å². The molecule has 110 valence electrons. The second-order valence-electron chi connectivity index (χ2n) is 8.73. The minimum atomic E-state index is 0.956. The first-order valence-electron chi connectivity index (χ1n) is 9.06. The first-order chi connectivity index (χ1) is 9.06. The van der Waals surface area contributed by atoms with Crippen molar-refractivity contribution in [2.45, 2.75) is 72.6 Å². The molecule has 0 bridgehead atoms. The third-order valence-corrected chi connectivity index (χ3v) is 6.92. The summed E-state index contributed by atoms with van der Waals surface area (Å²) in [7, 11) is 0. The Kier molecular flexibility index (Phi) is 3.98. The summed E-state index contributed by atoms with van der Waals surface area (Å²) < 4.78 is 0. The van der Waals surface area contributed by atoms with E-state index in [9.17, 15) is 0 Å². The van der Waals surface area contributed by atoms with Crippen LogP contribution in [0.4, 0.5) is 0 Å². The zero-order valence-electron chi connectivity index (χ0n) is 13.6. The van der Waals surface area contributed by atoms with Gasteiger partial charge in [0.1, 0.15) is 0 Å². The lowest BCUT2D eigenvalue weighted by Crippen LogP contribution is -2.35. The molecule has 4 rings (SSSR count). The molecule has 4 fully saturated rings. The second kappa shape index (κ2) is 5.41. The van der Waals surface area contributed by atoms with E-state index in [0.29, 0.717) is 0 Å². The summed E-state index contributed by atoms with van der Waals surface area (Å²) in [6.45, 7) is 9.52. The monoisotopic (exact) mass is 262 g/mol. The van der Waals surface area contributed by atoms with Crippen LogP contribution in [0.1, 0.15) is 72.6 Å². The van der Waals surface area contributed by atoms with E-state index in [4.69, 9.17) is 0 Å². The molecule has 0 N–H and O–H groups in total. The molecular weight excluding hydrogens is 228 g/mol. The molecule has 0 aromatic heterocycles. The van der Waals surface area contributed by atoms with Crippen LogP contribution in [0.15, 0.2) is 0 Å². The zero-order chi connectivity index (χ0) is 13.6. The Morgan fingerprint density at radius 3 is 1.84 bits per heavy atom. The van der Waals surface area contributed by atoms with Gasteiger partial charge in [-0.2, -0.15) is 0 Å². The van der Waals surface area contributed by atoms with Crippen LogP contribution in [0.2, 0.25) is 0 Å². The second-order valence-corrected chi connectivity index (χ2v) is 8.73. The highest BCUT2D eigenvalue weighted by Gasteiger charge is 2.46. The lowest BCUT2D eigenvalue weighted by Gasteiger charge is -2.43. The van der Waals surface area contributed by atoms with Crippen LogP contribution in [0.3, 0.4) is 0 Å². The van der Waals surface area contributed by atoms with Crippen LogP contribution in [0.25, 0.3) is 0 Å². The van der Waals surface area contributed by atoms with Gasteiger partial charge >= 0.3 is 0 Å². The van der Waals surface area contributed by atoms with Gasteiger partial charge in [0, 0.05) is 0 Å². The number of rotatable bonds is 2. The minimum absolute atomic E-state index is 0.956. The predicted octanol–water partition coefficient (Wildman–Crippen LogP) is 5.77. The van der Waals surface area contributed by atoms with Gasteiger partial charge in [-0.15, -0.1) is 0 Å². The van der Waals surface area contributed by atoms with Crippen molar-refractivity contribution in [1.29, 1.82) is 0 Å². The molecule has 0 amide bonds. The molecule has 0 spiro atoms. The van der Waals surface area contributed by atoms with Crippen LogP contribution < -0.4 is 0 Å². The summed E-state index contributed by atoms with van der Waals surface area (Å²) in [5, 5.41) is 0. The normalized spacial score (nSPS) is 46.4. The molecule has 19 heavy (non-hydrogen) atoms. The Bertz CT molecular complexity index is 293. The van der Waals surface area contributed by atoms with Crippen LogP contribution in [-0.4, -0.2) is 0 Å². The number of hydrogen-bond donors (Lipinski definition) is 0. The van der Waals surface area contributed by atoms with E-state index >= 15 is 0 Å². The smallest absolute Gasteiger partial charge is 0.0355 e. The fourth-order valence-corrected chi connectivity index (χ4v) is 5.32. The topological polar surface area (TPSA) is 0 Å². The minimum Gasteiger partial charge on any atom is -0.0625 e. The van der Waals surface area contributed by atoms with Crippen LogP contribution in [0.5, 0.6) is 0 Å². The summed E-state index contributed by atoms with van der Waals surface area (Å²) in [6, 6.07) is 0. The summed E-state index contributed by atoms with van der Waals surface area (Å²) >= 11 is 0. The molecule has 0 radical (unpaired) electrons. The SMILES string of the molecule is CC(C)C1CC2CC2C1.CC(C)C1CC2CCCC21. The fraction of sp³-hybridized carbons (Fsp3) is 1.00. The van der Waals surface area contributed by atoms with E-state index in [1.165, 1.54) is 18.3 Å². The van der Waals surface area contributed by atoms with Crippen molar-refractivity contribution in [2.24, 2.45) is 47.3 Å². The van der Waals surface area contributed by atoms with Gasteiger partial charge in [-0.25, -0.2) is 0 Å². The van der Waals surface area contributed by atoms with Gasteiger partial charge in [0.15, 0.2) is 0 Å². The average Bonchev–Trinajstić information content (AvgIpc) is 2.76. The maximum Gasteiger partial charge on any atom is -0.0355 e. The summed E-state index contributed by atoms with van der Waals surface area (Å²) in [5.41, 5.74) is 0. The average molecular weight is 262 g/mol. The lowest BCUT2D eigenvalue weighted by molar-refractivity contribution is 0.0621. The van der Waals surface area contributed by atoms with Crippen LogP contribution in [0, 0.1) is 47.3 Å². The van der Waals surface area contributed by atoms with E-state index < -0.39 is 0 Å². The lowest BCUT2D eigenvalue weighted by atomic mass is 9.62. The van der Waals surface area contributed by atoms with Crippen molar-refractivity contribution in [3.8, 4) is 0 Å². The predicted molar refractivity (Wildman–Crippen MR) is 82.9 cm³/mol. The van der Waals surface area contributed by atoms with Crippen molar-refractivity contribution < 1.29 is 0 Å². The molecule has 4 aliphatic carbocycles. The molecule has 5 unspecified atom stereocenters. The van der Waals surface area contributed by atoms with E-state index in [-0.39, 0.29) is 0 Å². The molecule has 0 aromatic carbocycles. The molecule has 0 aliphatic heterocycles. The highest BCUT2D eigenvalue weighted by atomic mass is 14.5. The van der Waals surface area contributed by atoms with E-state index in [0.717, 1.165) is 35.5 Å². The third-order valence-electron chi connectivity index (χ3n) is 6.92. The van der Waals surface area contributed by atoms with Crippen molar-refractivity contribution in [1.82, 2.24) is 0 Å². The quantitative estimate of drug-likeness (QED) is 0.593. The molecule has 0 saturated heterocycles. The molecule has 5 atom stereocenters. The third kappa shape index (κ3) is 2.88. The maximum absolute atomic E-state index is 2.39. The van der Waals surface area contributed by atoms with Crippen LogP contribution in [-0.2, 0) is 0 Å². The van der Waals surface area contributed by atoms with E-state index in [1.54, 1.807) is 38.5 Å². The van der Waals surface area contributed by atoms with Gasteiger partial charge in [-0.1, -0.05) is 40.5 Å². The van der Waals surface area contributed by atoms with Crippen molar-refractivity contribution in [2.75, 3.05) is 0 Å². The Morgan fingerprint density at radius 2 is 1.37 bits per heavy atom. The standard InChI is InChI=1S/C10H18.C9H16/c1-7(2)10-6-8-4-3-5-9(8)10;1-6(2)7-3-8-5-9(8)4-7/h7-10H,3-6H2,1-2H3;6-9H,3-5H2,1-2H3. The maximum atomic E-state index is 2.39. The summed E-state index contributed by atoms with van der Waals surface area (Å²) in [5.74, 6) is 8.78. The van der Waals surface area contributed by atoms with Gasteiger partial charge in [-0.05, 0) is 79.4 Å². The van der Waals surface area contributed by atoms with Gasteiger partial charge in [0.25, 0.3) is 0 Å². The van der Waals surface area contributed by atoms with Gasteiger partial charge in [0.05, 0.1) is 0 Å². The van der Waals surface area contributed by atoms with E-state index in [2.05, 4.69) is 27.7 Å². The molecule has 0 heterocycles. The van der Waals surface area contributed by atoms with Gasteiger partial charge in [-0.3, -0.25) is 0 Å². The Hall–Kier alpha value is 0. The molecule has 4 saturated carbocycles. The van der Waals surface area contributed by atoms with Gasteiger partial charge in [0.2, 0.25) is 0 Å². The molecule has 4 aliphatic rings.